The van der Waals surface area contributed by atoms with Crippen molar-refractivity contribution in [2.24, 2.45) is 0 Å². The van der Waals surface area contributed by atoms with Crippen molar-refractivity contribution in [2.45, 2.75) is 33.0 Å². The van der Waals surface area contributed by atoms with Gasteiger partial charge in [0.15, 0.2) is 11.5 Å². The number of carbonyl (C=O) groups excluding carboxylic acids is 2. The summed E-state index contributed by atoms with van der Waals surface area (Å²) >= 11 is 1.42. The van der Waals surface area contributed by atoms with Gasteiger partial charge in [-0.05, 0) is 57.2 Å². The first kappa shape index (κ1) is 24.1. The van der Waals surface area contributed by atoms with Crippen LogP contribution in [0.4, 0.5) is 10.5 Å². The number of aromatic nitrogens is 1. The zero-order valence-corrected chi connectivity index (χ0v) is 19.9. The Kier molecular flexibility index (Phi) is 7.55. The van der Waals surface area contributed by atoms with E-state index in [1.807, 2.05) is 23.6 Å². The van der Waals surface area contributed by atoms with E-state index >= 15 is 0 Å². The lowest BCUT2D eigenvalue weighted by Gasteiger charge is -2.19. The van der Waals surface area contributed by atoms with Gasteiger partial charge in [-0.15, -0.1) is 11.3 Å². The first-order chi connectivity index (χ1) is 15.7. The van der Waals surface area contributed by atoms with Crippen LogP contribution in [-0.4, -0.2) is 36.9 Å². The average Bonchev–Trinajstić information content (AvgIpc) is 3.24. The molecule has 0 atom stereocenters. The van der Waals surface area contributed by atoms with E-state index in [1.54, 1.807) is 59.3 Å². The quantitative estimate of drug-likeness (QED) is 0.454. The number of anilines is 1. The second-order valence-corrected chi connectivity index (χ2v) is 8.82. The highest BCUT2D eigenvalue weighted by Gasteiger charge is 2.17. The Labute approximate surface area is 196 Å². The molecule has 0 bridgehead atoms. The summed E-state index contributed by atoms with van der Waals surface area (Å²) in [5.74, 6) is 0.716. The number of esters is 1. The predicted molar refractivity (Wildman–Crippen MR) is 126 cm³/mol. The van der Waals surface area contributed by atoms with Crippen LogP contribution in [0.5, 0.6) is 11.5 Å². The highest BCUT2D eigenvalue weighted by atomic mass is 32.1. The molecule has 0 saturated carbocycles. The number of thiazole rings is 1. The normalized spacial score (nSPS) is 10.9. The maximum atomic E-state index is 12.4. The fourth-order valence-corrected chi connectivity index (χ4v) is 3.71. The van der Waals surface area contributed by atoms with Crippen LogP contribution in [0.1, 0.15) is 36.8 Å². The lowest BCUT2D eigenvalue weighted by molar-refractivity contribution is 0.0468. The van der Waals surface area contributed by atoms with Crippen LogP contribution < -0.4 is 14.8 Å². The minimum atomic E-state index is -0.596. The number of hydrogen-bond donors (Lipinski definition) is 1. The van der Waals surface area contributed by atoms with Crippen molar-refractivity contribution in [1.82, 2.24) is 4.98 Å². The molecule has 1 amide bonds. The van der Waals surface area contributed by atoms with E-state index in [1.165, 1.54) is 11.3 Å². The molecule has 2 aromatic carbocycles. The molecule has 3 rings (SSSR count). The summed E-state index contributed by atoms with van der Waals surface area (Å²) in [5, 5.41) is 5.18. The van der Waals surface area contributed by atoms with Crippen molar-refractivity contribution >= 4 is 29.1 Å². The van der Waals surface area contributed by atoms with Gasteiger partial charge >= 0.3 is 12.1 Å². The van der Waals surface area contributed by atoms with Gasteiger partial charge in [0.05, 0.1) is 31.0 Å². The van der Waals surface area contributed by atoms with E-state index < -0.39 is 17.7 Å². The molecule has 0 radical (unpaired) electrons. The van der Waals surface area contributed by atoms with Crippen LogP contribution >= 0.6 is 11.3 Å². The first-order valence-corrected chi connectivity index (χ1v) is 11.0. The van der Waals surface area contributed by atoms with E-state index in [9.17, 15) is 9.59 Å². The third kappa shape index (κ3) is 6.45. The maximum Gasteiger partial charge on any atom is 0.412 e. The molecule has 1 aromatic heterocycles. The molecule has 0 unspecified atom stereocenters. The summed E-state index contributed by atoms with van der Waals surface area (Å²) in [4.78, 5) is 28.8. The Morgan fingerprint density at radius 2 is 1.76 bits per heavy atom. The highest BCUT2D eigenvalue weighted by Crippen LogP contribution is 2.39. The van der Waals surface area contributed by atoms with Crippen molar-refractivity contribution in [3.8, 4) is 22.1 Å². The Hall–Kier alpha value is -3.59. The number of nitrogens with one attached hydrogen (secondary N) is 1. The van der Waals surface area contributed by atoms with Crippen molar-refractivity contribution < 1.29 is 28.5 Å². The Bertz CT molecular complexity index is 1120. The molecule has 33 heavy (non-hydrogen) atoms. The van der Waals surface area contributed by atoms with E-state index in [4.69, 9.17) is 18.9 Å². The van der Waals surface area contributed by atoms with Gasteiger partial charge in [0, 0.05) is 11.1 Å². The molecular weight excluding hydrogens is 444 g/mol. The summed E-state index contributed by atoms with van der Waals surface area (Å²) in [6.07, 6.45) is -0.565. The number of rotatable bonds is 7. The molecule has 0 fully saturated rings. The highest BCUT2D eigenvalue weighted by molar-refractivity contribution is 7.13. The number of hydrogen-bond acceptors (Lipinski definition) is 8. The Balaban J connectivity index is 1.60. The van der Waals surface area contributed by atoms with Gasteiger partial charge in [0.1, 0.15) is 17.2 Å². The minimum Gasteiger partial charge on any atom is -0.493 e. The van der Waals surface area contributed by atoms with Crippen molar-refractivity contribution in [2.75, 3.05) is 19.5 Å². The van der Waals surface area contributed by atoms with Crippen molar-refractivity contribution in [1.29, 1.82) is 0 Å². The van der Waals surface area contributed by atoms with Crippen LogP contribution in [-0.2, 0) is 16.1 Å². The van der Waals surface area contributed by atoms with E-state index in [-0.39, 0.29) is 6.61 Å². The molecule has 1 N–H and O–H groups in total. The Morgan fingerprint density at radius 3 is 2.39 bits per heavy atom. The summed E-state index contributed by atoms with van der Waals surface area (Å²) in [5.41, 5.74) is 1.69. The summed E-state index contributed by atoms with van der Waals surface area (Å²) in [6.45, 7) is 5.37. The second kappa shape index (κ2) is 10.4. The van der Waals surface area contributed by atoms with Crippen LogP contribution in [0.25, 0.3) is 10.6 Å². The molecule has 0 spiro atoms. The van der Waals surface area contributed by atoms with Gasteiger partial charge in [0.25, 0.3) is 0 Å². The van der Waals surface area contributed by atoms with Gasteiger partial charge < -0.3 is 18.9 Å². The molecular formula is C24H26N2O6S. The van der Waals surface area contributed by atoms with Crippen LogP contribution in [0.15, 0.2) is 47.8 Å². The largest absolute Gasteiger partial charge is 0.493 e. The number of ether oxygens (including phenoxy) is 4. The molecule has 3 aromatic rings. The van der Waals surface area contributed by atoms with E-state index in [2.05, 4.69) is 10.3 Å². The third-order valence-corrected chi connectivity index (χ3v) is 5.23. The zero-order valence-electron chi connectivity index (χ0n) is 19.1. The number of amides is 1. The molecule has 8 nitrogen and oxygen atoms in total. The van der Waals surface area contributed by atoms with Gasteiger partial charge in [-0.1, -0.05) is 6.07 Å². The van der Waals surface area contributed by atoms with Gasteiger partial charge in [-0.25, -0.2) is 14.6 Å². The monoisotopic (exact) mass is 470 g/mol. The number of para-hydroxylation sites is 1. The van der Waals surface area contributed by atoms with Crippen molar-refractivity contribution in [3.63, 3.8) is 0 Å². The van der Waals surface area contributed by atoms with Crippen LogP contribution in [0.2, 0.25) is 0 Å². The average molecular weight is 471 g/mol. The van der Waals surface area contributed by atoms with Crippen LogP contribution in [0.3, 0.4) is 0 Å². The third-order valence-electron chi connectivity index (χ3n) is 4.30. The lowest BCUT2D eigenvalue weighted by atomic mass is 10.2. The van der Waals surface area contributed by atoms with Gasteiger partial charge in [-0.2, -0.15) is 0 Å². The van der Waals surface area contributed by atoms with Gasteiger partial charge in [0.2, 0.25) is 0 Å². The van der Waals surface area contributed by atoms with Crippen molar-refractivity contribution in [3.05, 3.63) is 59.1 Å². The van der Waals surface area contributed by atoms with Crippen LogP contribution in [0, 0.1) is 0 Å². The Morgan fingerprint density at radius 1 is 1.03 bits per heavy atom. The predicted octanol–water partition coefficient (Wildman–Crippen LogP) is 5.53. The number of nitrogens with zero attached hydrogens (tertiary/aromatic N) is 1. The van der Waals surface area contributed by atoms with E-state index in [0.717, 1.165) is 10.6 Å². The molecule has 9 heteroatoms. The smallest absolute Gasteiger partial charge is 0.412 e. The fraction of sp³-hybridized carbons (Fsp3) is 0.292. The fourth-order valence-electron chi connectivity index (χ4n) is 2.89. The topological polar surface area (TPSA) is 96.0 Å². The molecule has 0 aliphatic rings. The number of carbonyl (C=O) groups is 2. The lowest BCUT2D eigenvalue weighted by Crippen LogP contribution is -2.27. The standard InChI is InChI=1S/C24H26N2O6S/c1-24(2,3)32-23(28)26-16-11-9-15(10-12-16)22(27)31-13-17-14-33-21(25-17)18-7-6-8-19(29-4)20(18)30-5/h6-12,14H,13H2,1-5H3,(H,26,28). The number of benzene rings is 2. The first-order valence-electron chi connectivity index (χ1n) is 10.1. The minimum absolute atomic E-state index is 0.0273. The molecule has 0 aliphatic heterocycles. The molecule has 0 aliphatic carbocycles. The van der Waals surface area contributed by atoms with E-state index in [0.29, 0.717) is 28.4 Å². The zero-order chi connectivity index (χ0) is 24.0. The number of methoxy groups -OCH3 is 2. The summed E-state index contributed by atoms with van der Waals surface area (Å²) in [6, 6.07) is 11.9. The second-order valence-electron chi connectivity index (χ2n) is 7.97. The molecule has 0 saturated heterocycles. The summed E-state index contributed by atoms with van der Waals surface area (Å²) in [7, 11) is 3.15. The SMILES string of the molecule is COc1cccc(-c2nc(COC(=O)c3ccc(NC(=O)OC(C)(C)C)cc3)cs2)c1OC. The molecule has 1 heterocycles. The molecule has 174 valence electrons. The van der Waals surface area contributed by atoms with Gasteiger partial charge in [-0.3, -0.25) is 5.32 Å². The summed E-state index contributed by atoms with van der Waals surface area (Å²) < 4.78 is 21.4. The maximum absolute atomic E-state index is 12.4.